The third-order valence-corrected chi connectivity index (χ3v) is 4.14. The van der Waals surface area contributed by atoms with Crippen molar-refractivity contribution in [1.82, 2.24) is 5.32 Å². The van der Waals surface area contributed by atoms with E-state index in [1.165, 1.54) is 0 Å². The van der Waals surface area contributed by atoms with Gasteiger partial charge in [0.05, 0.1) is 11.4 Å². The molecule has 0 spiro atoms. The molecule has 7 heteroatoms. The van der Waals surface area contributed by atoms with Gasteiger partial charge in [-0.2, -0.15) is 0 Å². The number of anilines is 2. The Hall–Kier alpha value is -1.76. The molecule has 6 nitrogen and oxygen atoms in total. The monoisotopic (exact) mass is 383 g/mol. The second kappa shape index (κ2) is 6.39. The predicted molar refractivity (Wildman–Crippen MR) is 93.1 cm³/mol. The van der Waals surface area contributed by atoms with Crippen LogP contribution in [0.25, 0.3) is 0 Å². The molecule has 0 radical (unpaired) electrons. The minimum Gasteiger partial charge on any atom is -0.444 e. The normalized spacial score (nSPS) is 16.2. The molecule has 0 atom stereocenters. The Morgan fingerprint density at radius 3 is 2.43 bits per heavy atom. The lowest BCUT2D eigenvalue weighted by Crippen LogP contribution is -2.61. The third kappa shape index (κ3) is 4.37. The lowest BCUT2D eigenvalue weighted by Gasteiger charge is -2.40. The van der Waals surface area contributed by atoms with Crippen LogP contribution in [0.4, 0.5) is 16.2 Å². The summed E-state index contributed by atoms with van der Waals surface area (Å²) in [5.74, 6) is -0.274. The summed E-state index contributed by atoms with van der Waals surface area (Å²) < 4.78 is 6.08. The summed E-state index contributed by atoms with van der Waals surface area (Å²) in [7, 11) is 0. The van der Waals surface area contributed by atoms with Gasteiger partial charge >= 0.3 is 6.09 Å². The van der Waals surface area contributed by atoms with Crippen LogP contribution < -0.4 is 16.4 Å². The first kappa shape index (κ1) is 17.6. The topological polar surface area (TPSA) is 93.4 Å². The SMILES string of the molecule is CC(C)(C)OC(=O)NC1(C(=O)Nc2ccc(Br)cc2N)CCC1. The standard InChI is InChI=1S/C16H22BrN3O3/c1-15(2,3)23-14(22)20-16(7-4-8-16)13(21)19-12-6-5-10(17)9-11(12)18/h5-6,9H,4,7-8,18H2,1-3H3,(H,19,21)(H,20,22). The molecule has 0 bridgehead atoms. The Kier molecular flexibility index (Phi) is 4.89. The number of halogens is 1. The van der Waals surface area contributed by atoms with Crippen molar-refractivity contribution in [1.29, 1.82) is 0 Å². The number of ether oxygens (including phenoxy) is 1. The number of nitrogens with two attached hydrogens (primary N) is 1. The molecule has 1 aromatic rings. The highest BCUT2D eigenvalue weighted by Crippen LogP contribution is 2.34. The number of rotatable bonds is 3. The summed E-state index contributed by atoms with van der Waals surface area (Å²) in [5, 5.41) is 5.51. The fraction of sp³-hybridized carbons (Fsp3) is 0.500. The fourth-order valence-electron chi connectivity index (χ4n) is 2.33. The summed E-state index contributed by atoms with van der Waals surface area (Å²) >= 11 is 3.32. The Balaban J connectivity index is 2.07. The second-order valence-corrected chi connectivity index (χ2v) is 7.66. The average Bonchev–Trinajstić information content (AvgIpc) is 2.35. The summed E-state index contributed by atoms with van der Waals surface area (Å²) in [4.78, 5) is 24.6. The van der Waals surface area contributed by atoms with E-state index in [0.717, 1.165) is 10.9 Å². The van der Waals surface area contributed by atoms with Gasteiger partial charge in [-0.15, -0.1) is 0 Å². The van der Waals surface area contributed by atoms with E-state index in [0.29, 0.717) is 24.2 Å². The van der Waals surface area contributed by atoms with Crippen molar-refractivity contribution < 1.29 is 14.3 Å². The van der Waals surface area contributed by atoms with Crippen molar-refractivity contribution in [2.24, 2.45) is 0 Å². The summed E-state index contributed by atoms with van der Waals surface area (Å²) in [6, 6.07) is 5.22. The largest absolute Gasteiger partial charge is 0.444 e. The van der Waals surface area contributed by atoms with Gasteiger partial charge in [0.15, 0.2) is 0 Å². The van der Waals surface area contributed by atoms with Crippen molar-refractivity contribution in [3.05, 3.63) is 22.7 Å². The Morgan fingerprint density at radius 2 is 1.96 bits per heavy atom. The first-order valence-electron chi connectivity index (χ1n) is 7.49. The number of carbonyl (C=O) groups is 2. The van der Waals surface area contributed by atoms with Gasteiger partial charge in [-0.3, -0.25) is 4.79 Å². The predicted octanol–water partition coefficient (Wildman–Crippen LogP) is 3.42. The number of nitrogens with one attached hydrogen (secondary N) is 2. The highest BCUT2D eigenvalue weighted by atomic mass is 79.9. The Morgan fingerprint density at radius 1 is 1.30 bits per heavy atom. The number of hydrogen-bond acceptors (Lipinski definition) is 4. The molecule has 0 aliphatic heterocycles. The van der Waals surface area contributed by atoms with Crippen LogP contribution in [-0.4, -0.2) is 23.1 Å². The van der Waals surface area contributed by atoms with E-state index in [9.17, 15) is 9.59 Å². The first-order chi connectivity index (χ1) is 10.6. The van der Waals surface area contributed by atoms with Crippen LogP contribution in [0.2, 0.25) is 0 Å². The van der Waals surface area contributed by atoms with Gasteiger partial charge in [0.1, 0.15) is 11.1 Å². The van der Waals surface area contributed by atoms with Crippen molar-refractivity contribution in [3.63, 3.8) is 0 Å². The zero-order valence-electron chi connectivity index (χ0n) is 13.5. The van der Waals surface area contributed by atoms with Gasteiger partial charge in [-0.05, 0) is 58.2 Å². The smallest absolute Gasteiger partial charge is 0.408 e. The molecule has 126 valence electrons. The summed E-state index contributed by atoms with van der Waals surface area (Å²) in [5.41, 5.74) is 5.34. The van der Waals surface area contributed by atoms with Crippen LogP contribution in [0.3, 0.4) is 0 Å². The molecule has 1 aliphatic carbocycles. The second-order valence-electron chi connectivity index (χ2n) is 6.75. The third-order valence-electron chi connectivity index (χ3n) is 3.64. The van der Waals surface area contributed by atoms with Crippen LogP contribution in [0, 0.1) is 0 Å². The van der Waals surface area contributed by atoms with E-state index < -0.39 is 17.2 Å². The van der Waals surface area contributed by atoms with Gasteiger partial charge in [0.2, 0.25) is 5.91 Å². The van der Waals surface area contributed by atoms with Crippen molar-refractivity contribution >= 4 is 39.3 Å². The number of hydrogen-bond donors (Lipinski definition) is 3. The Labute approximate surface area is 144 Å². The molecule has 1 fully saturated rings. The lowest BCUT2D eigenvalue weighted by atomic mass is 9.76. The first-order valence-corrected chi connectivity index (χ1v) is 8.28. The number of amides is 2. The zero-order chi connectivity index (χ0) is 17.3. The molecule has 1 aromatic carbocycles. The Bertz CT molecular complexity index is 621. The van der Waals surface area contributed by atoms with Crippen LogP contribution in [0.1, 0.15) is 40.0 Å². The van der Waals surface area contributed by atoms with Crippen LogP contribution in [-0.2, 0) is 9.53 Å². The zero-order valence-corrected chi connectivity index (χ0v) is 15.1. The molecule has 4 N–H and O–H groups in total. The number of benzene rings is 1. The molecule has 0 saturated heterocycles. The maximum absolute atomic E-state index is 12.6. The van der Waals surface area contributed by atoms with Crippen LogP contribution in [0.5, 0.6) is 0 Å². The number of carbonyl (C=O) groups excluding carboxylic acids is 2. The molecular weight excluding hydrogens is 362 g/mol. The minimum absolute atomic E-state index is 0.274. The van der Waals surface area contributed by atoms with Gasteiger partial charge in [-0.25, -0.2) is 4.79 Å². The maximum atomic E-state index is 12.6. The molecule has 2 amide bonds. The van der Waals surface area contributed by atoms with E-state index in [-0.39, 0.29) is 5.91 Å². The molecule has 1 aliphatic rings. The summed E-state index contributed by atoms with van der Waals surface area (Å²) in [6.45, 7) is 5.34. The maximum Gasteiger partial charge on any atom is 0.408 e. The van der Waals surface area contributed by atoms with E-state index in [1.807, 2.05) is 0 Å². The molecule has 2 rings (SSSR count). The quantitative estimate of drug-likeness (QED) is 0.697. The van der Waals surface area contributed by atoms with Gasteiger partial charge in [0, 0.05) is 4.47 Å². The van der Waals surface area contributed by atoms with Crippen LogP contribution in [0.15, 0.2) is 22.7 Å². The summed E-state index contributed by atoms with van der Waals surface area (Å²) in [6.07, 6.45) is 1.44. The van der Waals surface area contributed by atoms with Crippen molar-refractivity contribution in [2.75, 3.05) is 11.1 Å². The highest BCUT2D eigenvalue weighted by Gasteiger charge is 2.46. The lowest BCUT2D eigenvalue weighted by molar-refractivity contribution is -0.125. The van der Waals surface area contributed by atoms with Crippen molar-refractivity contribution in [2.45, 2.75) is 51.2 Å². The van der Waals surface area contributed by atoms with E-state index in [4.69, 9.17) is 10.5 Å². The van der Waals surface area contributed by atoms with E-state index in [2.05, 4.69) is 26.6 Å². The molecular formula is C16H22BrN3O3. The van der Waals surface area contributed by atoms with Crippen molar-refractivity contribution in [3.8, 4) is 0 Å². The van der Waals surface area contributed by atoms with Gasteiger partial charge in [0.25, 0.3) is 0 Å². The van der Waals surface area contributed by atoms with E-state index >= 15 is 0 Å². The average molecular weight is 384 g/mol. The van der Waals surface area contributed by atoms with Gasteiger partial charge in [-0.1, -0.05) is 15.9 Å². The highest BCUT2D eigenvalue weighted by molar-refractivity contribution is 9.10. The molecule has 0 aromatic heterocycles. The number of alkyl carbamates (subject to hydrolysis) is 1. The molecule has 1 saturated carbocycles. The minimum atomic E-state index is -0.929. The molecule has 0 unspecified atom stereocenters. The van der Waals surface area contributed by atoms with E-state index in [1.54, 1.807) is 39.0 Å². The van der Waals surface area contributed by atoms with Crippen LogP contribution >= 0.6 is 15.9 Å². The molecule has 0 heterocycles. The van der Waals surface area contributed by atoms with Gasteiger partial charge < -0.3 is 21.1 Å². The fourth-order valence-corrected chi connectivity index (χ4v) is 2.71. The number of nitrogen functional groups attached to an aromatic ring is 1. The molecule has 23 heavy (non-hydrogen) atoms.